The summed E-state index contributed by atoms with van der Waals surface area (Å²) >= 11 is 1.49. The van der Waals surface area contributed by atoms with Gasteiger partial charge < -0.3 is 9.88 Å². The Morgan fingerprint density at radius 2 is 2.04 bits per heavy atom. The third kappa shape index (κ3) is 5.25. The summed E-state index contributed by atoms with van der Waals surface area (Å²) in [7, 11) is 0. The number of benzene rings is 1. The fourth-order valence-electron chi connectivity index (χ4n) is 3.64. The summed E-state index contributed by atoms with van der Waals surface area (Å²) < 4.78 is 2.19. The van der Waals surface area contributed by atoms with E-state index < -0.39 is 0 Å². The van der Waals surface area contributed by atoms with Crippen LogP contribution < -0.4 is 5.32 Å². The summed E-state index contributed by atoms with van der Waals surface area (Å²) in [6, 6.07) is 10.4. The highest BCUT2D eigenvalue weighted by Gasteiger charge is 2.30. The Morgan fingerprint density at radius 1 is 1.18 bits per heavy atom. The largest absolute Gasteiger partial charge is 0.355 e. The van der Waals surface area contributed by atoms with Gasteiger partial charge in [-0.3, -0.25) is 4.79 Å². The molecule has 0 radical (unpaired) electrons. The van der Waals surface area contributed by atoms with Gasteiger partial charge in [-0.25, -0.2) is 0 Å². The first kappa shape index (κ1) is 19.2. The molecule has 1 fully saturated rings. The van der Waals surface area contributed by atoms with Crippen LogP contribution in [0.2, 0.25) is 0 Å². The molecular formula is C22H28N4OS. The molecule has 1 aromatic heterocycles. The van der Waals surface area contributed by atoms with Crippen molar-refractivity contribution in [3.05, 3.63) is 53.4 Å². The van der Waals surface area contributed by atoms with E-state index in [9.17, 15) is 4.79 Å². The van der Waals surface area contributed by atoms with E-state index in [1.807, 2.05) is 6.07 Å². The molecule has 2 aliphatic rings. The first-order valence-electron chi connectivity index (χ1n) is 10.3. The summed E-state index contributed by atoms with van der Waals surface area (Å²) in [5.41, 5.74) is 2.73. The molecule has 2 aromatic rings. The number of thioether (sulfide) groups is 1. The van der Waals surface area contributed by atoms with Gasteiger partial charge in [0.1, 0.15) is 5.82 Å². The lowest BCUT2D eigenvalue weighted by molar-refractivity contribution is -0.118. The number of amides is 1. The van der Waals surface area contributed by atoms with Crippen LogP contribution in [-0.4, -0.2) is 33.0 Å². The van der Waals surface area contributed by atoms with Gasteiger partial charge in [0.25, 0.3) is 0 Å². The molecule has 0 aliphatic heterocycles. The van der Waals surface area contributed by atoms with Crippen LogP contribution in [0.4, 0.5) is 0 Å². The second-order valence-electron chi connectivity index (χ2n) is 7.68. The highest BCUT2D eigenvalue weighted by molar-refractivity contribution is 7.99. The summed E-state index contributed by atoms with van der Waals surface area (Å²) in [4.78, 5) is 12.3. The Kier molecular flexibility index (Phi) is 6.47. The molecule has 0 bridgehead atoms. The molecule has 0 saturated heterocycles. The maximum absolute atomic E-state index is 12.3. The standard InChI is InChI=1S/C22H28N4OS/c27-20(23-14-13-17-7-3-1-4-8-17)16-28-22-25-24-21(19-11-12-19)26(22)15-18-9-5-2-6-10-18/h2,5-7,9-10,19H,1,3-4,8,11-16H2,(H,23,27). The normalized spacial score (nSPS) is 16.6. The van der Waals surface area contributed by atoms with Crippen LogP contribution in [0.5, 0.6) is 0 Å². The molecule has 1 saturated carbocycles. The van der Waals surface area contributed by atoms with Crippen LogP contribution in [-0.2, 0) is 11.3 Å². The Balaban J connectivity index is 1.31. The van der Waals surface area contributed by atoms with Gasteiger partial charge in [-0.05, 0) is 50.5 Å². The molecule has 1 N–H and O–H groups in total. The minimum atomic E-state index is 0.0728. The zero-order valence-corrected chi connectivity index (χ0v) is 17.1. The van der Waals surface area contributed by atoms with Crippen molar-refractivity contribution >= 4 is 17.7 Å². The van der Waals surface area contributed by atoms with Crippen LogP contribution in [0.25, 0.3) is 0 Å². The van der Waals surface area contributed by atoms with Crippen molar-refractivity contribution in [3.8, 4) is 0 Å². The smallest absolute Gasteiger partial charge is 0.230 e. The predicted octanol–water partition coefficient (Wildman–Crippen LogP) is 4.30. The molecule has 4 rings (SSSR count). The monoisotopic (exact) mass is 396 g/mol. The third-order valence-electron chi connectivity index (χ3n) is 5.36. The fraction of sp³-hybridized carbons (Fsp3) is 0.500. The minimum absolute atomic E-state index is 0.0728. The van der Waals surface area contributed by atoms with Crippen LogP contribution in [0, 0.1) is 0 Å². The number of allylic oxidation sites excluding steroid dienone is 1. The number of carbonyl (C=O) groups excluding carboxylic acids is 1. The van der Waals surface area contributed by atoms with E-state index in [0.29, 0.717) is 11.7 Å². The van der Waals surface area contributed by atoms with Crippen LogP contribution in [0.1, 0.15) is 62.3 Å². The first-order valence-corrected chi connectivity index (χ1v) is 11.3. The van der Waals surface area contributed by atoms with Gasteiger partial charge in [-0.2, -0.15) is 0 Å². The number of rotatable bonds is 9. The Hall–Kier alpha value is -2.08. The van der Waals surface area contributed by atoms with Gasteiger partial charge >= 0.3 is 0 Å². The highest BCUT2D eigenvalue weighted by atomic mass is 32.2. The second kappa shape index (κ2) is 9.41. The minimum Gasteiger partial charge on any atom is -0.355 e. The third-order valence-corrected chi connectivity index (χ3v) is 6.32. The summed E-state index contributed by atoms with van der Waals surface area (Å²) in [6.07, 6.45) is 10.7. The van der Waals surface area contributed by atoms with E-state index >= 15 is 0 Å². The molecule has 6 heteroatoms. The van der Waals surface area contributed by atoms with E-state index in [0.717, 1.165) is 30.5 Å². The van der Waals surface area contributed by atoms with Gasteiger partial charge in [0, 0.05) is 12.5 Å². The molecule has 1 aromatic carbocycles. The number of nitrogens with one attached hydrogen (secondary N) is 1. The quantitative estimate of drug-likeness (QED) is 0.507. The fourth-order valence-corrected chi connectivity index (χ4v) is 4.41. The Bertz CT molecular complexity index is 826. The van der Waals surface area contributed by atoms with Gasteiger partial charge in [0.2, 0.25) is 5.91 Å². The maximum atomic E-state index is 12.3. The van der Waals surface area contributed by atoms with E-state index in [1.54, 1.807) is 0 Å². The van der Waals surface area contributed by atoms with Crippen LogP contribution in [0.15, 0.2) is 47.1 Å². The molecule has 5 nitrogen and oxygen atoms in total. The van der Waals surface area contributed by atoms with E-state index in [4.69, 9.17) is 0 Å². The summed E-state index contributed by atoms with van der Waals surface area (Å²) in [6.45, 7) is 1.49. The maximum Gasteiger partial charge on any atom is 0.230 e. The summed E-state index contributed by atoms with van der Waals surface area (Å²) in [5, 5.41) is 12.7. The van der Waals surface area contributed by atoms with Crippen molar-refractivity contribution in [2.24, 2.45) is 0 Å². The van der Waals surface area contributed by atoms with E-state index in [1.165, 1.54) is 61.4 Å². The van der Waals surface area contributed by atoms with Gasteiger partial charge in [0.15, 0.2) is 5.16 Å². The van der Waals surface area contributed by atoms with E-state index in [-0.39, 0.29) is 5.91 Å². The lowest BCUT2D eigenvalue weighted by atomic mass is 9.97. The summed E-state index contributed by atoms with van der Waals surface area (Å²) in [5.74, 6) is 2.05. The van der Waals surface area contributed by atoms with E-state index in [2.05, 4.69) is 50.4 Å². The number of aromatic nitrogens is 3. The SMILES string of the molecule is O=C(CSc1nnc(C2CC2)n1Cc1ccccc1)NCCC1=CCCCC1. The zero-order chi connectivity index (χ0) is 19.2. The topological polar surface area (TPSA) is 59.8 Å². The molecule has 0 atom stereocenters. The molecular weight excluding hydrogens is 368 g/mol. The number of hydrogen-bond donors (Lipinski definition) is 1. The van der Waals surface area contributed by atoms with Gasteiger partial charge in [0.05, 0.1) is 12.3 Å². The molecule has 1 heterocycles. The van der Waals surface area contributed by atoms with Crippen molar-refractivity contribution in [2.75, 3.05) is 12.3 Å². The van der Waals surface area contributed by atoms with Crippen molar-refractivity contribution in [2.45, 2.75) is 62.6 Å². The predicted molar refractivity (Wildman–Crippen MR) is 112 cm³/mol. The van der Waals surface area contributed by atoms with Gasteiger partial charge in [-0.1, -0.05) is 53.7 Å². The average molecular weight is 397 g/mol. The molecule has 0 unspecified atom stereocenters. The molecule has 1 amide bonds. The zero-order valence-electron chi connectivity index (χ0n) is 16.3. The van der Waals surface area contributed by atoms with Crippen LogP contribution >= 0.6 is 11.8 Å². The molecule has 28 heavy (non-hydrogen) atoms. The van der Waals surface area contributed by atoms with Crippen molar-refractivity contribution in [1.29, 1.82) is 0 Å². The molecule has 2 aliphatic carbocycles. The highest BCUT2D eigenvalue weighted by Crippen LogP contribution is 2.40. The number of nitrogens with zero attached hydrogens (tertiary/aromatic N) is 3. The van der Waals surface area contributed by atoms with Crippen molar-refractivity contribution in [1.82, 2.24) is 20.1 Å². The first-order chi connectivity index (χ1) is 13.8. The lowest BCUT2D eigenvalue weighted by Crippen LogP contribution is -2.26. The Labute approximate surface area is 171 Å². The molecule has 0 spiro atoms. The van der Waals surface area contributed by atoms with Crippen LogP contribution in [0.3, 0.4) is 0 Å². The van der Waals surface area contributed by atoms with Crippen molar-refractivity contribution in [3.63, 3.8) is 0 Å². The van der Waals surface area contributed by atoms with Gasteiger partial charge in [-0.15, -0.1) is 10.2 Å². The lowest BCUT2D eigenvalue weighted by Gasteiger charge is -2.13. The second-order valence-corrected chi connectivity index (χ2v) is 8.63. The number of hydrogen-bond acceptors (Lipinski definition) is 4. The van der Waals surface area contributed by atoms with Crippen molar-refractivity contribution < 1.29 is 4.79 Å². The average Bonchev–Trinajstić information content (AvgIpc) is 3.50. The Morgan fingerprint density at radius 3 is 2.79 bits per heavy atom. The molecule has 148 valence electrons. The number of carbonyl (C=O) groups is 1.